The van der Waals surface area contributed by atoms with Gasteiger partial charge in [0.25, 0.3) is 0 Å². The third-order valence-corrected chi connectivity index (χ3v) is 11.3. The molecule has 0 N–H and O–H groups in total. The number of hydrogen-bond donors (Lipinski definition) is 0. The summed E-state index contributed by atoms with van der Waals surface area (Å²) in [4.78, 5) is 2.41. The van der Waals surface area contributed by atoms with Crippen molar-refractivity contribution in [3.8, 4) is 44.5 Å². The molecule has 1 spiro atoms. The molecular formula is C49H32BrN. The molecule has 0 saturated heterocycles. The quantitative estimate of drug-likeness (QED) is 0.172. The summed E-state index contributed by atoms with van der Waals surface area (Å²) in [6.45, 7) is 0. The SMILES string of the molecule is Brc1ccc(-c2ccc(N(c3ccc(-c4ccccc4)cc3)c3ccc4c(c3)C3(c5ccccc5-c5ccccc53)c3ccccc3-4)cc2)cc1. The van der Waals surface area contributed by atoms with Gasteiger partial charge in [-0.2, -0.15) is 0 Å². The molecule has 240 valence electrons. The van der Waals surface area contributed by atoms with Crippen molar-refractivity contribution in [2.24, 2.45) is 0 Å². The van der Waals surface area contributed by atoms with Crippen LogP contribution in [0.4, 0.5) is 17.1 Å². The van der Waals surface area contributed by atoms with Crippen LogP contribution in [0.15, 0.2) is 199 Å². The maximum Gasteiger partial charge on any atom is 0.0726 e. The smallest absolute Gasteiger partial charge is 0.0726 e. The Hall–Kier alpha value is -5.96. The van der Waals surface area contributed by atoms with Crippen LogP contribution in [0.2, 0.25) is 0 Å². The van der Waals surface area contributed by atoms with Gasteiger partial charge in [0.2, 0.25) is 0 Å². The van der Waals surface area contributed by atoms with Gasteiger partial charge in [-0.05, 0) is 115 Å². The molecule has 0 aliphatic heterocycles. The summed E-state index contributed by atoms with van der Waals surface area (Å²) in [5.74, 6) is 0. The second kappa shape index (κ2) is 11.8. The van der Waals surface area contributed by atoms with Crippen LogP contribution in [0.5, 0.6) is 0 Å². The fraction of sp³-hybridized carbons (Fsp3) is 0.0204. The van der Waals surface area contributed by atoms with Crippen LogP contribution in [0.3, 0.4) is 0 Å². The topological polar surface area (TPSA) is 3.24 Å². The number of halogens is 1. The predicted octanol–water partition coefficient (Wildman–Crippen LogP) is 13.6. The Balaban J connectivity index is 1.18. The summed E-state index contributed by atoms with van der Waals surface area (Å²) in [6, 6.07) is 71.2. The second-order valence-corrected chi connectivity index (χ2v) is 14.3. The highest BCUT2D eigenvalue weighted by Crippen LogP contribution is 2.63. The monoisotopic (exact) mass is 713 g/mol. The molecule has 0 radical (unpaired) electrons. The molecule has 8 aromatic rings. The Morgan fingerprint density at radius 1 is 0.314 bits per heavy atom. The maximum absolute atomic E-state index is 3.58. The average molecular weight is 715 g/mol. The molecule has 0 unspecified atom stereocenters. The zero-order chi connectivity index (χ0) is 33.9. The summed E-state index contributed by atoms with van der Waals surface area (Å²) in [5, 5.41) is 0. The van der Waals surface area contributed by atoms with Crippen molar-refractivity contribution in [1.29, 1.82) is 0 Å². The number of rotatable bonds is 5. The Labute approximate surface area is 307 Å². The van der Waals surface area contributed by atoms with Gasteiger partial charge in [-0.1, -0.05) is 162 Å². The third kappa shape index (κ3) is 4.60. The Bertz CT molecular complexity index is 2500. The second-order valence-electron chi connectivity index (χ2n) is 13.4. The van der Waals surface area contributed by atoms with Crippen molar-refractivity contribution in [2.45, 2.75) is 5.41 Å². The zero-order valence-corrected chi connectivity index (χ0v) is 29.4. The van der Waals surface area contributed by atoms with E-state index in [4.69, 9.17) is 0 Å². The summed E-state index contributed by atoms with van der Waals surface area (Å²) in [7, 11) is 0. The van der Waals surface area contributed by atoms with E-state index in [0.717, 1.165) is 21.5 Å². The highest BCUT2D eigenvalue weighted by molar-refractivity contribution is 9.10. The first-order valence-corrected chi connectivity index (χ1v) is 18.2. The van der Waals surface area contributed by atoms with E-state index < -0.39 is 5.41 Å². The third-order valence-electron chi connectivity index (χ3n) is 10.8. The normalized spacial score (nSPS) is 13.0. The lowest BCUT2D eigenvalue weighted by Gasteiger charge is -2.32. The molecule has 51 heavy (non-hydrogen) atoms. The summed E-state index contributed by atoms with van der Waals surface area (Å²) in [6.07, 6.45) is 0. The lowest BCUT2D eigenvalue weighted by Crippen LogP contribution is -2.26. The number of anilines is 3. The predicted molar refractivity (Wildman–Crippen MR) is 216 cm³/mol. The molecule has 0 bridgehead atoms. The van der Waals surface area contributed by atoms with Crippen LogP contribution >= 0.6 is 15.9 Å². The standard InChI is InChI=1S/C49H32BrN/c50-37-24-18-34(19-25-37)36-22-28-39(29-23-36)51(38-26-20-35(21-27-38)33-10-2-1-3-11-33)40-30-31-44-43-14-6-9-17-47(43)49(48(44)32-40)45-15-7-4-12-41(45)42-13-5-8-16-46(42)49/h1-32H. The number of hydrogen-bond acceptors (Lipinski definition) is 1. The lowest BCUT2D eigenvalue weighted by atomic mass is 9.70. The van der Waals surface area contributed by atoms with Crippen molar-refractivity contribution < 1.29 is 0 Å². The summed E-state index contributed by atoms with van der Waals surface area (Å²) >= 11 is 3.58. The van der Waals surface area contributed by atoms with Gasteiger partial charge in [-0.3, -0.25) is 0 Å². The number of fused-ring (bicyclic) bond motifs is 10. The Kier molecular flexibility index (Phi) is 6.94. The molecule has 0 fully saturated rings. The van der Waals surface area contributed by atoms with Crippen LogP contribution in [0.1, 0.15) is 22.3 Å². The van der Waals surface area contributed by atoms with E-state index in [9.17, 15) is 0 Å². The van der Waals surface area contributed by atoms with Crippen molar-refractivity contribution in [3.63, 3.8) is 0 Å². The Morgan fingerprint density at radius 2 is 0.686 bits per heavy atom. The first-order chi connectivity index (χ1) is 25.2. The van der Waals surface area contributed by atoms with Gasteiger partial charge in [-0.15, -0.1) is 0 Å². The van der Waals surface area contributed by atoms with Gasteiger partial charge < -0.3 is 4.90 Å². The van der Waals surface area contributed by atoms with Crippen molar-refractivity contribution >= 4 is 33.0 Å². The number of benzene rings is 8. The molecule has 0 atom stereocenters. The van der Waals surface area contributed by atoms with Crippen LogP contribution in [0.25, 0.3) is 44.5 Å². The molecule has 1 nitrogen and oxygen atoms in total. The molecule has 2 aliphatic carbocycles. The van der Waals surface area contributed by atoms with Crippen LogP contribution in [0, 0.1) is 0 Å². The van der Waals surface area contributed by atoms with E-state index >= 15 is 0 Å². The first-order valence-electron chi connectivity index (χ1n) is 17.5. The summed E-state index contributed by atoms with van der Waals surface area (Å²) in [5.41, 5.74) is 18.4. The van der Waals surface area contributed by atoms with E-state index in [0.29, 0.717) is 0 Å². The number of nitrogens with zero attached hydrogens (tertiary/aromatic N) is 1. The van der Waals surface area contributed by atoms with Crippen LogP contribution in [-0.2, 0) is 5.41 Å². The van der Waals surface area contributed by atoms with Gasteiger partial charge in [0.1, 0.15) is 0 Å². The van der Waals surface area contributed by atoms with Gasteiger partial charge >= 0.3 is 0 Å². The van der Waals surface area contributed by atoms with E-state index in [1.807, 2.05) is 0 Å². The molecule has 10 rings (SSSR count). The van der Waals surface area contributed by atoms with Gasteiger partial charge in [-0.25, -0.2) is 0 Å². The van der Waals surface area contributed by atoms with E-state index in [1.165, 1.54) is 66.8 Å². The molecular weight excluding hydrogens is 682 g/mol. The zero-order valence-electron chi connectivity index (χ0n) is 27.8. The highest BCUT2D eigenvalue weighted by atomic mass is 79.9. The highest BCUT2D eigenvalue weighted by Gasteiger charge is 2.51. The molecule has 0 aromatic heterocycles. The van der Waals surface area contributed by atoms with Gasteiger partial charge in [0.15, 0.2) is 0 Å². The van der Waals surface area contributed by atoms with Crippen molar-refractivity contribution in [1.82, 2.24) is 0 Å². The van der Waals surface area contributed by atoms with Crippen LogP contribution in [-0.4, -0.2) is 0 Å². The molecule has 8 aromatic carbocycles. The van der Waals surface area contributed by atoms with E-state index in [-0.39, 0.29) is 0 Å². The fourth-order valence-electron chi connectivity index (χ4n) is 8.55. The largest absolute Gasteiger partial charge is 0.310 e. The molecule has 0 saturated carbocycles. The average Bonchev–Trinajstić information content (AvgIpc) is 3.66. The molecule has 2 heteroatoms. The van der Waals surface area contributed by atoms with Gasteiger partial charge in [0, 0.05) is 21.5 Å². The minimum Gasteiger partial charge on any atom is -0.310 e. The van der Waals surface area contributed by atoms with Crippen molar-refractivity contribution in [2.75, 3.05) is 4.90 Å². The van der Waals surface area contributed by atoms with E-state index in [2.05, 4.69) is 215 Å². The first kappa shape index (κ1) is 29.9. The van der Waals surface area contributed by atoms with Gasteiger partial charge in [0.05, 0.1) is 5.41 Å². The molecule has 0 heterocycles. The van der Waals surface area contributed by atoms with E-state index in [1.54, 1.807) is 0 Å². The minimum atomic E-state index is -0.399. The van der Waals surface area contributed by atoms with Crippen LogP contribution < -0.4 is 4.90 Å². The fourth-order valence-corrected chi connectivity index (χ4v) is 8.81. The van der Waals surface area contributed by atoms with Crippen molar-refractivity contribution in [3.05, 3.63) is 221 Å². The lowest BCUT2D eigenvalue weighted by molar-refractivity contribution is 0.793. The molecule has 2 aliphatic rings. The molecule has 0 amide bonds. The maximum atomic E-state index is 3.58. The Morgan fingerprint density at radius 3 is 1.18 bits per heavy atom. The summed E-state index contributed by atoms with van der Waals surface area (Å²) < 4.78 is 1.08. The minimum absolute atomic E-state index is 0.399.